The second-order valence-electron chi connectivity index (χ2n) is 4.42. The number of hydrogen-bond donors (Lipinski definition) is 0. The third-order valence-electron chi connectivity index (χ3n) is 3.40. The summed E-state index contributed by atoms with van der Waals surface area (Å²) in [6.45, 7) is 0. The molecule has 1 aliphatic carbocycles. The third kappa shape index (κ3) is 1.79. The van der Waals surface area contributed by atoms with Gasteiger partial charge in [0.2, 0.25) is 0 Å². The SMILES string of the molecule is O=C1OC2CCCC2C1[Se]c1ccccc1. The van der Waals surface area contributed by atoms with Crippen molar-refractivity contribution in [1.82, 2.24) is 0 Å². The normalized spacial score (nSPS) is 32.5. The Kier molecular flexibility index (Phi) is 2.74. The topological polar surface area (TPSA) is 26.3 Å². The molecule has 0 bridgehead atoms. The van der Waals surface area contributed by atoms with Crippen LogP contribution in [-0.4, -0.2) is 27.0 Å². The molecule has 0 radical (unpaired) electrons. The van der Waals surface area contributed by atoms with Crippen LogP contribution in [0.15, 0.2) is 30.3 Å². The Balaban J connectivity index is 1.77. The fourth-order valence-corrected chi connectivity index (χ4v) is 5.23. The second kappa shape index (κ2) is 4.23. The van der Waals surface area contributed by atoms with Crippen molar-refractivity contribution in [3.63, 3.8) is 0 Å². The van der Waals surface area contributed by atoms with E-state index in [2.05, 4.69) is 12.1 Å². The first-order valence-electron chi connectivity index (χ1n) is 5.77. The molecule has 2 aliphatic rings. The molecule has 2 nitrogen and oxygen atoms in total. The van der Waals surface area contributed by atoms with Crippen molar-refractivity contribution in [2.75, 3.05) is 0 Å². The van der Waals surface area contributed by atoms with Gasteiger partial charge < -0.3 is 0 Å². The van der Waals surface area contributed by atoms with E-state index in [4.69, 9.17) is 4.74 Å². The molecule has 1 aromatic carbocycles. The van der Waals surface area contributed by atoms with Gasteiger partial charge in [0.25, 0.3) is 0 Å². The first kappa shape index (κ1) is 10.4. The van der Waals surface area contributed by atoms with Gasteiger partial charge in [-0.1, -0.05) is 0 Å². The van der Waals surface area contributed by atoms with E-state index in [-0.39, 0.29) is 31.8 Å². The van der Waals surface area contributed by atoms with E-state index < -0.39 is 0 Å². The fraction of sp³-hybridized carbons (Fsp3) is 0.462. The van der Waals surface area contributed by atoms with Crippen LogP contribution < -0.4 is 4.46 Å². The first-order valence-corrected chi connectivity index (χ1v) is 7.61. The Labute approximate surface area is 102 Å². The van der Waals surface area contributed by atoms with Crippen LogP contribution in [0.5, 0.6) is 0 Å². The van der Waals surface area contributed by atoms with Gasteiger partial charge in [0, 0.05) is 0 Å². The molecular formula is C13H14O2Se. The monoisotopic (exact) mass is 282 g/mol. The van der Waals surface area contributed by atoms with Crippen LogP contribution in [0.3, 0.4) is 0 Å². The van der Waals surface area contributed by atoms with Crippen molar-refractivity contribution in [2.45, 2.75) is 30.2 Å². The number of rotatable bonds is 2. The molecule has 16 heavy (non-hydrogen) atoms. The first-order chi connectivity index (χ1) is 7.84. The van der Waals surface area contributed by atoms with Crippen molar-refractivity contribution in [1.29, 1.82) is 0 Å². The van der Waals surface area contributed by atoms with Gasteiger partial charge in [-0.25, -0.2) is 0 Å². The maximum absolute atomic E-state index is 11.8. The Morgan fingerprint density at radius 2 is 2.00 bits per heavy atom. The van der Waals surface area contributed by atoms with Crippen LogP contribution >= 0.6 is 0 Å². The van der Waals surface area contributed by atoms with E-state index in [1.807, 2.05) is 18.2 Å². The van der Waals surface area contributed by atoms with Gasteiger partial charge in [-0.05, 0) is 0 Å². The van der Waals surface area contributed by atoms with E-state index in [1.165, 1.54) is 17.3 Å². The van der Waals surface area contributed by atoms with Crippen molar-refractivity contribution in [2.24, 2.45) is 5.92 Å². The molecule has 3 rings (SSSR count). The number of carbonyl (C=O) groups excluding carboxylic acids is 1. The van der Waals surface area contributed by atoms with Gasteiger partial charge in [0.1, 0.15) is 0 Å². The summed E-state index contributed by atoms with van der Waals surface area (Å²) in [4.78, 5) is 12.0. The van der Waals surface area contributed by atoms with Crippen LogP contribution in [0.2, 0.25) is 4.82 Å². The minimum atomic E-state index is 0.0542. The maximum atomic E-state index is 11.8. The zero-order valence-electron chi connectivity index (χ0n) is 8.96. The number of ether oxygens (including phenoxy) is 1. The van der Waals surface area contributed by atoms with E-state index in [0.717, 1.165) is 6.42 Å². The zero-order valence-corrected chi connectivity index (χ0v) is 10.7. The molecule has 0 spiro atoms. The van der Waals surface area contributed by atoms with Crippen molar-refractivity contribution < 1.29 is 9.53 Å². The van der Waals surface area contributed by atoms with Crippen LogP contribution in [0.25, 0.3) is 0 Å². The Bertz CT molecular complexity index is 390. The van der Waals surface area contributed by atoms with Gasteiger partial charge >= 0.3 is 101 Å². The third-order valence-corrected chi connectivity index (χ3v) is 6.21. The molecule has 1 saturated carbocycles. The summed E-state index contributed by atoms with van der Waals surface area (Å²) in [5.41, 5.74) is 0. The number of hydrogen-bond acceptors (Lipinski definition) is 2. The predicted molar refractivity (Wildman–Crippen MR) is 62.8 cm³/mol. The molecule has 0 N–H and O–H groups in total. The van der Waals surface area contributed by atoms with Gasteiger partial charge in [-0.3, -0.25) is 0 Å². The summed E-state index contributed by atoms with van der Waals surface area (Å²) in [6, 6.07) is 10.4. The molecule has 1 saturated heterocycles. The van der Waals surface area contributed by atoms with Crippen molar-refractivity contribution in [3.8, 4) is 0 Å². The minimum absolute atomic E-state index is 0.0542. The molecule has 2 fully saturated rings. The zero-order chi connectivity index (χ0) is 11.0. The predicted octanol–water partition coefficient (Wildman–Crippen LogP) is 1.53. The number of fused-ring (bicyclic) bond motifs is 1. The summed E-state index contributed by atoms with van der Waals surface area (Å²) in [7, 11) is 0. The van der Waals surface area contributed by atoms with Crippen LogP contribution in [-0.2, 0) is 9.53 Å². The Hall–Kier alpha value is -0.791. The Morgan fingerprint density at radius 1 is 1.19 bits per heavy atom. The standard InChI is InChI=1S/C13H14O2Se/c14-13-12(10-7-4-8-11(10)15-13)16-9-5-2-1-3-6-9/h1-3,5-6,10-12H,4,7-8H2. The van der Waals surface area contributed by atoms with Crippen LogP contribution in [0.1, 0.15) is 19.3 Å². The molecule has 1 heterocycles. The average molecular weight is 281 g/mol. The summed E-state index contributed by atoms with van der Waals surface area (Å²) >= 11 is 0.238. The van der Waals surface area contributed by atoms with E-state index >= 15 is 0 Å². The van der Waals surface area contributed by atoms with Gasteiger partial charge in [0.05, 0.1) is 0 Å². The molecule has 0 aromatic heterocycles. The van der Waals surface area contributed by atoms with E-state index in [1.54, 1.807) is 0 Å². The van der Waals surface area contributed by atoms with Gasteiger partial charge in [0.15, 0.2) is 0 Å². The fourth-order valence-electron chi connectivity index (χ4n) is 2.62. The number of benzene rings is 1. The molecule has 0 amide bonds. The van der Waals surface area contributed by atoms with E-state index in [0.29, 0.717) is 5.92 Å². The van der Waals surface area contributed by atoms with Crippen LogP contribution in [0, 0.1) is 5.92 Å². The molecule has 3 heteroatoms. The number of esters is 1. The summed E-state index contributed by atoms with van der Waals surface area (Å²) in [5.74, 6) is 0.561. The van der Waals surface area contributed by atoms with Crippen molar-refractivity contribution in [3.05, 3.63) is 30.3 Å². The van der Waals surface area contributed by atoms with Gasteiger partial charge in [-0.2, -0.15) is 0 Å². The number of carbonyl (C=O) groups is 1. The van der Waals surface area contributed by atoms with Crippen molar-refractivity contribution >= 4 is 25.4 Å². The molecule has 3 unspecified atom stereocenters. The molecule has 3 atom stereocenters. The Morgan fingerprint density at radius 3 is 2.81 bits per heavy atom. The van der Waals surface area contributed by atoms with Gasteiger partial charge in [-0.15, -0.1) is 0 Å². The molecular weight excluding hydrogens is 267 g/mol. The summed E-state index contributed by atoms with van der Waals surface area (Å²) in [6.07, 6.45) is 3.72. The van der Waals surface area contributed by atoms with Crippen LogP contribution in [0.4, 0.5) is 0 Å². The van der Waals surface area contributed by atoms with E-state index in [9.17, 15) is 4.79 Å². The molecule has 1 aliphatic heterocycles. The quantitative estimate of drug-likeness (QED) is 0.607. The molecule has 1 aromatic rings. The summed E-state index contributed by atoms with van der Waals surface area (Å²) in [5, 5.41) is 0. The average Bonchev–Trinajstić information content (AvgIpc) is 2.84. The second-order valence-corrected chi connectivity index (χ2v) is 6.97. The molecule has 84 valence electrons. The summed E-state index contributed by atoms with van der Waals surface area (Å²) < 4.78 is 6.76.